The van der Waals surface area contributed by atoms with Crippen molar-refractivity contribution in [2.45, 2.75) is 12.7 Å². The predicted molar refractivity (Wildman–Crippen MR) is 59.9 cm³/mol. The molecule has 1 aliphatic heterocycles. The Morgan fingerprint density at radius 3 is 2.75 bits per heavy atom. The summed E-state index contributed by atoms with van der Waals surface area (Å²) in [4.78, 5) is 0. The lowest BCUT2D eigenvalue weighted by molar-refractivity contribution is -0.0531. The molecule has 1 aliphatic rings. The Morgan fingerprint density at radius 1 is 1.31 bits per heavy atom. The molecule has 1 heterocycles. The van der Waals surface area contributed by atoms with Crippen LogP contribution in [0.2, 0.25) is 0 Å². The van der Waals surface area contributed by atoms with E-state index in [2.05, 4.69) is 15.9 Å². The first-order valence-electron chi connectivity index (χ1n) is 5.06. The summed E-state index contributed by atoms with van der Waals surface area (Å²) < 4.78 is 29.6. The molecule has 0 radical (unpaired) electrons. The number of benzene rings is 1. The van der Waals surface area contributed by atoms with Crippen LogP contribution in [0.25, 0.3) is 0 Å². The maximum absolute atomic E-state index is 13.0. The third kappa shape index (κ3) is 3.43. The molecular formula is C11H12BrFO3. The molecule has 0 spiro atoms. The molecule has 0 atom stereocenters. The number of ether oxygens (including phenoxy) is 3. The summed E-state index contributed by atoms with van der Waals surface area (Å²) in [7, 11) is 0. The zero-order chi connectivity index (χ0) is 11.4. The molecule has 1 saturated heterocycles. The van der Waals surface area contributed by atoms with Crippen LogP contribution in [-0.4, -0.2) is 26.1 Å². The van der Waals surface area contributed by atoms with Crippen molar-refractivity contribution >= 4 is 15.9 Å². The van der Waals surface area contributed by atoms with Crippen molar-refractivity contribution in [3.63, 3.8) is 0 Å². The molecule has 2 rings (SSSR count). The van der Waals surface area contributed by atoms with E-state index in [1.165, 1.54) is 12.1 Å². The maximum Gasteiger partial charge on any atom is 0.161 e. The minimum atomic E-state index is -0.322. The van der Waals surface area contributed by atoms with Gasteiger partial charge in [-0.05, 0) is 12.1 Å². The van der Waals surface area contributed by atoms with Crippen molar-refractivity contribution in [1.29, 1.82) is 0 Å². The van der Waals surface area contributed by atoms with Gasteiger partial charge in [-0.3, -0.25) is 0 Å². The molecule has 16 heavy (non-hydrogen) atoms. The fraction of sp³-hybridized carbons (Fsp3) is 0.455. The van der Waals surface area contributed by atoms with Crippen LogP contribution in [0.15, 0.2) is 22.7 Å². The Morgan fingerprint density at radius 2 is 2.06 bits per heavy atom. The van der Waals surface area contributed by atoms with Crippen LogP contribution < -0.4 is 4.74 Å². The Kier molecular flexibility index (Phi) is 4.15. The highest BCUT2D eigenvalue weighted by Crippen LogP contribution is 2.21. The molecule has 0 aromatic heterocycles. The quantitative estimate of drug-likeness (QED) is 0.853. The molecule has 0 aliphatic carbocycles. The normalized spacial score (nSPS) is 16.6. The summed E-state index contributed by atoms with van der Waals surface area (Å²) in [5.41, 5.74) is 0. The Hall–Kier alpha value is -0.650. The lowest BCUT2D eigenvalue weighted by Gasteiger charge is -2.10. The molecule has 1 aromatic carbocycles. The fourth-order valence-electron chi connectivity index (χ4n) is 1.46. The first kappa shape index (κ1) is 11.8. The van der Waals surface area contributed by atoms with Crippen LogP contribution in [-0.2, 0) is 9.47 Å². The average Bonchev–Trinajstić information content (AvgIpc) is 2.69. The van der Waals surface area contributed by atoms with Gasteiger partial charge in [-0.2, -0.15) is 0 Å². The molecule has 88 valence electrons. The SMILES string of the molecule is Fc1cc(Br)cc(OCCC2OCCO2)c1. The first-order valence-corrected chi connectivity index (χ1v) is 5.85. The largest absolute Gasteiger partial charge is 0.493 e. The summed E-state index contributed by atoms with van der Waals surface area (Å²) in [6.07, 6.45) is 0.464. The third-order valence-corrected chi connectivity index (χ3v) is 2.61. The van der Waals surface area contributed by atoms with Crippen LogP contribution in [0.4, 0.5) is 4.39 Å². The van der Waals surface area contributed by atoms with Gasteiger partial charge in [0.1, 0.15) is 11.6 Å². The molecule has 0 amide bonds. The van der Waals surface area contributed by atoms with Gasteiger partial charge in [0.05, 0.1) is 19.8 Å². The zero-order valence-electron chi connectivity index (χ0n) is 8.62. The van der Waals surface area contributed by atoms with E-state index < -0.39 is 0 Å². The number of hydrogen-bond acceptors (Lipinski definition) is 3. The Bertz CT molecular complexity index is 333. The molecule has 3 nitrogen and oxygen atoms in total. The highest BCUT2D eigenvalue weighted by Gasteiger charge is 2.15. The van der Waals surface area contributed by atoms with Gasteiger partial charge in [-0.15, -0.1) is 0 Å². The van der Waals surface area contributed by atoms with Gasteiger partial charge in [-0.25, -0.2) is 4.39 Å². The summed E-state index contributed by atoms with van der Waals surface area (Å²) in [6, 6.07) is 4.45. The molecule has 0 bridgehead atoms. The Labute approximate surface area is 102 Å². The number of halogens is 2. The van der Waals surface area contributed by atoms with Crippen LogP contribution in [0, 0.1) is 5.82 Å². The van der Waals surface area contributed by atoms with E-state index in [1.54, 1.807) is 6.07 Å². The fourth-order valence-corrected chi connectivity index (χ4v) is 1.90. The second kappa shape index (κ2) is 5.61. The minimum absolute atomic E-state index is 0.183. The van der Waals surface area contributed by atoms with E-state index in [-0.39, 0.29) is 12.1 Å². The lowest BCUT2D eigenvalue weighted by Crippen LogP contribution is -2.12. The van der Waals surface area contributed by atoms with Gasteiger partial charge in [0, 0.05) is 17.0 Å². The van der Waals surface area contributed by atoms with E-state index in [0.717, 1.165) is 0 Å². The maximum atomic E-state index is 13.0. The molecule has 0 N–H and O–H groups in total. The second-order valence-electron chi connectivity index (χ2n) is 3.41. The van der Waals surface area contributed by atoms with Crippen molar-refractivity contribution in [2.24, 2.45) is 0 Å². The standard InChI is InChI=1S/C11H12BrFO3/c12-8-5-9(13)7-10(6-8)14-2-1-11-15-3-4-16-11/h5-7,11H,1-4H2. The average molecular weight is 291 g/mol. The van der Waals surface area contributed by atoms with Gasteiger partial charge in [-0.1, -0.05) is 15.9 Å². The highest BCUT2D eigenvalue weighted by atomic mass is 79.9. The number of hydrogen-bond donors (Lipinski definition) is 0. The van der Waals surface area contributed by atoms with Gasteiger partial charge < -0.3 is 14.2 Å². The van der Waals surface area contributed by atoms with E-state index in [4.69, 9.17) is 14.2 Å². The monoisotopic (exact) mass is 290 g/mol. The van der Waals surface area contributed by atoms with Gasteiger partial charge in [0.2, 0.25) is 0 Å². The van der Waals surface area contributed by atoms with Crippen LogP contribution in [0.5, 0.6) is 5.75 Å². The van der Waals surface area contributed by atoms with Crippen molar-refractivity contribution in [3.05, 3.63) is 28.5 Å². The van der Waals surface area contributed by atoms with E-state index in [1.807, 2.05) is 0 Å². The van der Waals surface area contributed by atoms with Crippen molar-refractivity contribution in [1.82, 2.24) is 0 Å². The van der Waals surface area contributed by atoms with E-state index in [0.29, 0.717) is 36.5 Å². The van der Waals surface area contributed by atoms with Crippen molar-refractivity contribution in [2.75, 3.05) is 19.8 Å². The van der Waals surface area contributed by atoms with E-state index >= 15 is 0 Å². The van der Waals surface area contributed by atoms with Crippen LogP contribution in [0.3, 0.4) is 0 Å². The summed E-state index contributed by atoms with van der Waals surface area (Å²) in [5.74, 6) is 0.183. The highest BCUT2D eigenvalue weighted by molar-refractivity contribution is 9.10. The summed E-state index contributed by atoms with van der Waals surface area (Å²) in [5, 5.41) is 0. The van der Waals surface area contributed by atoms with E-state index in [9.17, 15) is 4.39 Å². The van der Waals surface area contributed by atoms with Gasteiger partial charge >= 0.3 is 0 Å². The topological polar surface area (TPSA) is 27.7 Å². The molecule has 1 fully saturated rings. The second-order valence-corrected chi connectivity index (χ2v) is 4.33. The summed E-state index contributed by atoms with van der Waals surface area (Å²) >= 11 is 3.20. The van der Waals surface area contributed by atoms with Gasteiger partial charge in [0.25, 0.3) is 0 Å². The smallest absolute Gasteiger partial charge is 0.161 e. The van der Waals surface area contributed by atoms with Gasteiger partial charge in [0.15, 0.2) is 6.29 Å². The molecule has 0 unspecified atom stereocenters. The predicted octanol–water partition coefficient (Wildman–Crippen LogP) is 2.73. The Balaban J connectivity index is 1.80. The van der Waals surface area contributed by atoms with Crippen LogP contribution in [0.1, 0.15) is 6.42 Å². The van der Waals surface area contributed by atoms with Crippen molar-refractivity contribution < 1.29 is 18.6 Å². The third-order valence-electron chi connectivity index (χ3n) is 2.15. The lowest BCUT2D eigenvalue weighted by atomic mass is 10.3. The molecule has 0 saturated carbocycles. The molecular weight excluding hydrogens is 279 g/mol. The summed E-state index contributed by atoms with van der Waals surface area (Å²) in [6.45, 7) is 1.72. The van der Waals surface area contributed by atoms with Crippen LogP contribution >= 0.6 is 15.9 Å². The van der Waals surface area contributed by atoms with Crippen molar-refractivity contribution in [3.8, 4) is 5.75 Å². The molecule has 5 heteroatoms. The first-order chi connectivity index (χ1) is 7.74. The number of rotatable bonds is 4. The zero-order valence-corrected chi connectivity index (χ0v) is 10.2. The molecule has 1 aromatic rings. The minimum Gasteiger partial charge on any atom is -0.493 e.